The molecule has 0 spiro atoms. The molecule has 2 aromatic heterocycles. The Bertz CT molecular complexity index is 1630. The minimum Gasteiger partial charge on any atom is -0.496 e. The molecular weight excluding hydrogens is 464 g/mol. The van der Waals surface area contributed by atoms with Crippen LogP contribution in [0.2, 0.25) is 0 Å². The van der Waals surface area contributed by atoms with Gasteiger partial charge in [-0.1, -0.05) is 35.5 Å². The zero-order valence-corrected chi connectivity index (χ0v) is 20.1. The van der Waals surface area contributed by atoms with Crippen LogP contribution in [0.25, 0.3) is 33.3 Å². The average molecular weight is 487 g/mol. The topological polar surface area (TPSA) is 107 Å². The molecule has 0 aliphatic carbocycles. The summed E-state index contributed by atoms with van der Waals surface area (Å²) < 4.78 is 38.5. The third kappa shape index (κ3) is 4.10. The number of ether oxygens (including phenoxy) is 1. The van der Waals surface area contributed by atoms with Gasteiger partial charge in [0, 0.05) is 17.0 Å². The lowest BCUT2D eigenvalue weighted by Gasteiger charge is -2.19. The first-order valence-corrected chi connectivity index (χ1v) is 12.3. The molecule has 3 aromatic carbocycles. The maximum atomic E-state index is 12.8. The molecule has 0 saturated carbocycles. The molecule has 1 N–H and O–H groups in total. The molecule has 0 bridgehead atoms. The van der Waals surface area contributed by atoms with Crippen molar-refractivity contribution in [3.8, 4) is 28.1 Å². The molecule has 2 heterocycles. The van der Waals surface area contributed by atoms with Gasteiger partial charge in [-0.25, -0.2) is 18.4 Å². The second-order valence-electron chi connectivity index (χ2n) is 8.01. The van der Waals surface area contributed by atoms with Crippen molar-refractivity contribution in [2.24, 2.45) is 0 Å². The van der Waals surface area contributed by atoms with E-state index >= 15 is 0 Å². The number of hydrogen-bond donors (Lipinski definition) is 1. The van der Waals surface area contributed by atoms with Gasteiger partial charge in [0.2, 0.25) is 0 Å². The van der Waals surface area contributed by atoms with Gasteiger partial charge < -0.3 is 9.26 Å². The van der Waals surface area contributed by atoms with Crippen molar-refractivity contribution in [3.63, 3.8) is 0 Å². The lowest BCUT2D eigenvalue weighted by Crippen LogP contribution is -2.13. The number of methoxy groups -OCH3 is 1. The summed E-state index contributed by atoms with van der Waals surface area (Å²) in [5.41, 5.74) is 6.30. The van der Waals surface area contributed by atoms with Crippen molar-refractivity contribution in [1.82, 2.24) is 15.1 Å². The van der Waals surface area contributed by atoms with E-state index in [1.807, 2.05) is 31.2 Å². The van der Waals surface area contributed by atoms with Crippen molar-refractivity contribution in [2.75, 3.05) is 11.8 Å². The maximum Gasteiger partial charge on any atom is 0.263 e. The molecule has 0 aliphatic rings. The maximum absolute atomic E-state index is 12.8. The molecule has 0 fully saturated rings. The van der Waals surface area contributed by atoms with Crippen LogP contribution in [-0.4, -0.2) is 30.7 Å². The van der Waals surface area contributed by atoms with Crippen molar-refractivity contribution in [2.45, 2.75) is 18.7 Å². The summed E-state index contributed by atoms with van der Waals surface area (Å²) in [5.74, 6) is 0.777. The quantitative estimate of drug-likeness (QED) is 0.343. The number of aromatic nitrogens is 3. The van der Waals surface area contributed by atoms with Crippen molar-refractivity contribution in [1.29, 1.82) is 0 Å². The Kier molecular flexibility index (Phi) is 5.70. The first kappa shape index (κ1) is 22.5. The summed E-state index contributed by atoms with van der Waals surface area (Å²) in [6, 6.07) is 18.3. The van der Waals surface area contributed by atoms with E-state index in [0.717, 1.165) is 27.8 Å². The lowest BCUT2D eigenvalue weighted by molar-refractivity contribution is 0.416. The molecule has 8 nitrogen and oxygen atoms in total. The number of fused-ring (bicyclic) bond motifs is 1. The van der Waals surface area contributed by atoms with Crippen LogP contribution in [0.5, 0.6) is 5.75 Å². The molecule has 0 unspecified atom stereocenters. The van der Waals surface area contributed by atoms with E-state index in [2.05, 4.69) is 38.9 Å². The highest BCUT2D eigenvalue weighted by Crippen LogP contribution is 2.41. The fourth-order valence-electron chi connectivity index (χ4n) is 4.12. The highest BCUT2D eigenvalue weighted by Gasteiger charge is 2.21. The molecule has 0 amide bonds. The molecule has 9 heteroatoms. The molecule has 0 aliphatic heterocycles. The zero-order valence-electron chi connectivity index (χ0n) is 19.3. The number of anilines is 1. The molecule has 0 radical (unpaired) electrons. The predicted octanol–water partition coefficient (Wildman–Crippen LogP) is 5.38. The van der Waals surface area contributed by atoms with Crippen molar-refractivity contribution in [3.05, 3.63) is 84.4 Å². The first-order chi connectivity index (χ1) is 16.9. The monoisotopic (exact) mass is 486 g/mol. The highest BCUT2D eigenvalue weighted by molar-refractivity contribution is 7.92. The molecule has 0 atom stereocenters. The summed E-state index contributed by atoms with van der Waals surface area (Å²) in [6.07, 6.45) is 2.72. The Morgan fingerprint density at radius 3 is 2.46 bits per heavy atom. The minimum absolute atomic E-state index is 0.0527. The van der Waals surface area contributed by atoms with Gasteiger partial charge in [0.25, 0.3) is 10.0 Å². The minimum atomic E-state index is -3.87. The van der Waals surface area contributed by atoms with E-state index in [4.69, 9.17) is 9.26 Å². The van der Waals surface area contributed by atoms with Crippen LogP contribution in [-0.2, 0) is 10.0 Å². The fraction of sp³-hybridized carbons (Fsp3) is 0.115. The largest absolute Gasteiger partial charge is 0.496 e. The second-order valence-corrected chi connectivity index (χ2v) is 9.69. The van der Waals surface area contributed by atoms with Crippen LogP contribution in [0.1, 0.15) is 11.1 Å². The summed E-state index contributed by atoms with van der Waals surface area (Å²) in [5, 5.41) is 4.31. The number of nitrogens with zero attached hydrogens (tertiary/aromatic N) is 3. The smallest absolute Gasteiger partial charge is 0.263 e. The standard InChI is InChI=1S/C26H22N4O4S/c1-16-17(2)25(23(33-3)14-21(16)18-7-5-4-6-8-18)26-20-10-9-19(13-22(20)27-15-28-26)35(31,32)30-24-11-12-34-29-24/h4-15H,1-3H3,(H,29,30). The number of rotatable bonds is 6. The van der Waals surface area contributed by atoms with Gasteiger partial charge in [0.05, 0.1) is 23.2 Å². The van der Waals surface area contributed by atoms with E-state index in [1.54, 1.807) is 13.2 Å². The van der Waals surface area contributed by atoms with Crippen LogP contribution in [0, 0.1) is 13.8 Å². The van der Waals surface area contributed by atoms with Crippen LogP contribution in [0.3, 0.4) is 0 Å². The Hall–Kier alpha value is -4.24. The number of nitrogens with one attached hydrogen (secondary N) is 1. The normalized spacial score (nSPS) is 11.5. The molecule has 5 aromatic rings. The first-order valence-electron chi connectivity index (χ1n) is 10.8. The van der Waals surface area contributed by atoms with Crippen molar-refractivity contribution < 1.29 is 17.7 Å². The van der Waals surface area contributed by atoms with Gasteiger partial charge in [0.1, 0.15) is 18.3 Å². The molecule has 176 valence electrons. The number of hydrogen-bond acceptors (Lipinski definition) is 7. The molecule has 5 rings (SSSR count). The van der Waals surface area contributed by atoms with Gasteiger partial charge in [-0.2, -0.15) is 0 Å². The number of sulfonamides is 1. The summed E-state index contributed by atoms with van der Waals surface area (Å²) in [6.45, 7) is 4.11. The van der Waals surface area contributed by atoms with Gasteiger partial charge in [-0.05, 0) is 60.4 Å². The van der Waals surface area contributed by atoms with E-state index in [1.165, 1.54) is 30.8 Å². The lowest BCUT2D eigenvalue weighted by atomic mass is 9.90. The Morgan fingerprint density at radius 2 is 1.74 bits per heavy atom. The van der Waals surface area contributed by atoms with Crippen LogP contribution in [0.15, 0.2) is 82.7 Å². The van der Waals surface area contributed by atoms with Gasteiger partial charge >= 0.3 is 0 Å². The van der Waals surface area contributed by atoms with Crippen molar-refractivity contribution >= 4 is 26.7 Å². The van der Waals surface area contributed by atoms with Gasteiger partial charge in [-0.15, -0.1) is 0 Å². The van der Waals surface area contributed by atoms with E-state index in [9.17, 15) is 8.42 Å². The van der Waals surface area contributed by atoms with E-state index in [-0.39, 0.29) is 10.7 Å². The second kappa shape index (κ2) is 8.84. The predicted molar refractivity (Wildman–Crippen MR) is 134 cm³/mol. The molecule has 0 saturated heterocycles. The van der Waals surface area contributed by atoms with Crippen LogP contribution < -0.4 is 9.46 Å². The van der Waals surface area contributed by atoms with E-state index in [0.29, 0.717) is 22.3 Å². The highest BCUT2D eigenvalue weighted by atomic mass is 32.2. The van der Waals surface area contributed by atoms with Crippen LogP contribution in [0.4, 0.5) is 5.82 Å². The Balaban J connectivity index is 1.64. The summed E-state index contributed by atoms with van der Waals surface area (Å²) in [7, 11) is -2.24. The summed E-state index contributed by atoms with van der Waals surface area (Å²) >= 11 is 0. The molecular formula is C26H22N4O4S. The summed E-state index contributed by atoms with van der Waals surface area (Å²) in [4.78, 5) is 8.95. The Labute approximate surface area is 202 Å². The van der Waals surface area contributed by atoms with E-state index < -0.39 is 10.0 Å². The van der Waals surface area contributed by atoms with Crippen LogP contribution >= 0.6 is 0 Å². The third-order valence-corrected chi connectivity index (χ3v) is 7.35. The van der Waals surface area contributed by atoms with Gasteiger partial charge in [0.15, 0.2) is 5.82 Å². The Morgan fingerprint density at radius 1 is 0.943 bits per heavy atom. The molecule has 35 heavy (non-hydrogen) atoms. The SMILES string of the molecule is COc1cc(-c2ccccc2)c(C)c(C)c1-c1ncnc2cc(S(=O)(=O)Nc3ccon3)ccc12. The average Bonchev–Trinajstić information content (AvgIpc) is 3.38. The third-order valence-electron chi connectivity index (χ3n) is 6.00. The zero-order chi connectivity index (χ0) is 24.6. The number of benzene rings is 3. The fourth-order valence-corrected chi connectivity index (χ4v) is 5.14. The van der Waals surface area contributed by atoms with Gasteiger partial charge in [-0.3, -0.25) is 4.72 Å².